The van der Waals surface area contributed by atoms with Gasteiger partial charge in [0.1, 0.15) is 12.1 Å². The molecule has 26 heavy (non-hydrogen) atoms. The molecule has 7 nitrogen and oxygen atoms in total. The Morgan fingerprint density at radius 1 is 1.15 bits per heavy atom. The van der Waals surface area contributed by atoms with E-state index in [1.807, 2.05) is 18.2 Å². The van der Waals surface area contributed by atoms with Crippen molar-refractivity contribution in [1.29, 1.82) is 0 Å². The summed E-state index contributed by atoms with van der Waals surface area (Å²) < 4.78 is 5.52. The molecular weight excluding hydrogens is 332 g/mol. The molecule has 3 rings (SSSR count). The molecule has 0 aliphatic carbocycles. The van der Waals surface area contributed by atoms with E-state index >= 15 is 0 Å². The van der Waals surface area contributed by atoms with Crippen molar-refractivity contribution in [2.45, 2.75) is 13.0 Å². The Kier molecular flexibility index (Phi) is 6.14. The summed E-state index contributed by atoms with van der Waals surface area (Å²) in [5.41, 5.74) is 2.90. The van der Waals surface area contributed by atoms with Gasteiger partial charge in [0, 0.05) is 43.2 Å². The molecule has 0 amide bonds. The fourth-order valence-electron chi connectivity index (χ4n) is 3.11. The summed E-state index contributed by atoms with van der Waals surface area (Å²) in [6, 6.07) is 5.80. The van der Waals surface area contributed by atoms with Crippen molar-refractivity contribution in [1.82, 2.24) is 19.8 Å². The lowest BCUT2D eigenvalue weighted by atomic mass is 10.0. The van der Waals surface area contributed by atoms with Crippen LogP contribution in [0.1, 0.15) is 12.0 Å². The molecule has 0 atom stereocenters. The van der Waals surface area contributed by atoms with Crippen LogP contribution < -0.4 is 4.74 Å². The number of hydrogen-bond acceptors (Lipinski definition) is 6. The maximum atomic E-state index is 10.9. The highest BCUT2D eigenvalue weighted by molar-refractivity contribution is 5.69. The van der Waals surface area contributed by atoms with Crippen molar-refractivity contribution in [2.75, 3.05) is 39.8 Å². The highest BCUT2D eigenvalue weighted by Gasteiger charge is 2.16. The average molecular weight is 356 g/mol. The van der Waals surface area contributed by atoms with Crippen molar-refractivity contribution in [2.24, 2.45) is 0 Å². The lowest BCUT2D eigenvalue weighted by Gasteiger charge is -2.22. The van der Waals surface area contributed by atoms with E-state index in [1.165, 1.54) is 6.33 Å². The van der Waals surface area contributed by atoms with Crippen LogP contribution in [0.4, 0.5) is 0 Å². The predicted octanol–water partition coefficient (Wildman–Crippen LogP) is 1.74. The van der Waals surface area contributed by atoms with Crippen LogP contribution in [0.15, 0.2) is 36.9 Å². The number of carboxylic acid groups (broad SMARTS) is 1. The van der Waals surface area contributed by atoms with Gasteiger partial charge in [0.05, 0.1) is 0 Å². The summed E-state index contributed by atoms with van der Waals surface area (Å²) in [6.45, 7) is 4.50. The third-order valence-corrected chi connectivity index (χ3v) is 4.51. The van der Waals surface area contributed by atoms with Gasteiger partial charge < -0.3 is 14.7 Å². The molecule has 1 aliphatic rings. The van der Waals surface area contributed by atoms with Crippen LogP contribution in [0.5, 0.6) is 5.75 Å². The van der Waals surface area contributed by atoms with Gasteiger partial charge in [-0.3, -0.25) is 4.90 Å². The Morgan fingerprint density at radius 2 is 1.96 bits per heavy atom. The molecule has 0 unspecified atom stereocenters. The van der Waals surface area contributed by atoms with E-state index in [0.29, 0.717) is 5.75 Å². The van der Waals surface area contributed by atoms with Crippen LogP contribution in [0, 0.1) is 0 Å². The summed E-state index contributed by atoms with van der Waals surface area (Å²) in [5, 5.41) is 8.93. The van der Waals surface area contributed by atoms with Crippen LogP contribution >= 0.6 is 0 Å². The Labute approximate surface area is 153 Å². The fraction of sp³-hybridized carbons (Fsp3) is 0.421. The van der Waals surface area contributed by atoms with E-state index in [-0.39, 0.29) is 6.61 Å². The Balaban J connectivity index is 1.84. The zero-order valence-corrected chi connectivity index (χ0v) is 15.0. The Hall–Kier alpha value is -2.51. The molecule has 2 heterocycles. The van der Waals surface area contributed by atoms with Crippen molar-refractivity contribution in [3.8, 4) is 16.9 Å². The van der Waals surface area contributed by atoms with Gasteiger partial charge >= 0.3 is 5.97 Å². The number of aromatic nitrogens is 2. The molecule has 7 heteroatoms. The number of aliphatic carboxylic acids is 1. The lowest BCUT2D eigenvalue weighted by molar-refractivity contribution is -0.139. The number of nitrogens with zero attached hydrogens (tertiary/aromatic N) is 4. The highest BCUT2D eigenvalue weighted by atomic mass is 16.5. The number of carbonyl (C=O) groups is 1. The third-order valence-electron chi connectivity index (χ3n) is 4.51. The number of ether oxygens (including phenoxy) is 1. The topological polar surface area (TPSA) is 78.8 Å². The molecule has 1 N–H and O–H groups in total. The molecule has 1 fully saturated rings. The number of benzene rings is 1. The molecule has 0 spiro atoms. The Bertz CT molecular complexity index is 739. The lowest BCUT2D eigenvalue weighted by Crippen LogP contribution is -2.28. The first-order valence-corrected chi connectivity index (χ1v) is 8.75. The van der Waals surface area contributed by atoms with Gasteiger partial charge in [-0.1, -0.05) is 6.07 Å². The zero-order valence-electron chi connectivity index (χ0n) is 15.0. The number of carboxylic acids is 1. The van der Waals surface area contributed by atoms with Gasteiger partial charge in [-0.2, -0.15) is 0 Å². The highest BCUT2D eigenvalue weighted by Crippen LogP contribution is 2.27. The molecule has 2 aromatic rings. The molecule has 0 radical (unpaired) electrons. The molecule has 138 valence electrons. The quantitative estimate of drug-likeness (QED) is 0.845. The summed E-state index contributed by atoms with van der Waals surface area (Å²) >= 11 is 0. The van der Waals surface area contributed by atoms with Crippen molar-refractivity contribution in [3.05, 3.63) is 42.5 Å². The Morgan fingerprint density at radius 3 is 2.73 bits per heavy atom. The first kappa shape index (κ1) is 18.3. The normalized spacial score (nSPS) is 16.2. The predicted molar refractivity (Wildman–Crippen MR) is 98.0 cm³/mol. The molecule has 0 bridgehead atoms. The first-order chi connectivity index (χ1) is 12.6. The number of rotatable bonds is 6. The average Bonchev–Trinajstić information content (AvgIpc) is 2.85. The molecular formula is C19H24N4O3. The first-order valence-electron chi connectivity index (χ1n) is 8.75. The standard InChI is InChI=1S/C19H24N4O3/c1-22-5-2-6-23(8-7-22)12-16-9-15(17-10-20-14-21-11-17)3-4-18(16)26-13-19(24)25/h3-4,9-11,14H,2,5-8,12-13H2,1H3,(H,24,25). The van der Waals surface area contributed by atoms with Crippen molar-refractivity contribution in [3.63, 3.8) is 0 Å². The van der Waals surface area contributed by atoms with Crippen LogP contribution in [-0.4, -0.2) is 70.7 Å². The maximum absolute atomic E-state index is 10.9. The smallest absolute Gasteiger partial charge is 0.341 e. The van der Waals surface area contributed by atoms with Crippen LogP contribution in [-0.2, 0) is 11.3 Å². The monoisotopic (exact) mass is 356 g/mol. The SMILES string of the molecule is CN1CCCN(Cc2cc(-c3cncnc3)ccc2OCC(=O)O)CC1. The summed E-state index contributed by atoms with van der Waals surface area (Å²) in [5.74, 6) is -0.363. The second kappa shape index (κ2) is 8.73. The van der Waals surface area contributed by atoms with Gasteiger partial charge in [0.2, 0.25) is 0 Å². The van der Waals surface area contributed by atoms with E-state index in [4.69, 9.17) is 9.84 Å². The number of hydrogen-bond donors (Lipinski definition) is 1. The molecule has 1 aromatic heterocycles. The van der Waals surface area contributed by atoms with Gasteiger partial charge in [-0.25, -0.2) is 14.8 Å². The minimum atomic E-state index is -0.979. The minimum Gasteiger partial charge on any atom is -0.482 e. The number of likely N-dealkylation sites (N-methyl/N-ethyl adjacent to an activating group) is 1. The maximum Gasteiger partial charge on any atom is 0.341 e. The minimum absolute atomic E-state index is 0.344. The molecule has 1 aromatic carbocycles. The van der Waals surface area contributed by atoms with E-state index in [0.717, 1.165) is 55.8 Å². The molecule has 0 saturated carbocycles. The van der Waals surface area contributed by atoms with Gasteiger partial charge in [0.25, 0.3) is 0 Å². The van der Waals surface area contributed by atoms with Gasteiger partial charge in [0.15, 0.2) is 6.61 Å². The van der Waals surface area contributed by atoms with E-state index in [2.05, 4.69) is 26.8 Å². The summed E-state index contributed by atoms with van der Waals surface area (Å²) in [4.78, 5) is 23.8. The largest absolute Gasteiger partial charge is 0.482 e. The van der Waals surface area contributed by atoms with Crippen molar-refractivity contribution >= 4 is 5.97 Å². The van der Waals surface area contributed by atoms with Crippen LogP contribution in [0.25, 0.3) is 11.1 Å². The zero-order chi connectivity index (χ0) is 18.4. The fourth-order valence-corrected chi connectivity index (χ4v) is 3.11. The second-order valence-electron chi connectivity index (χ2n) is 6.57. The van der Waals surface area contributed by atoms with Gasteiger partial charge in [-0.05, 0) is 44.3 Å². The van der Waals surface area contributed by atoms with Crippen molar-refractivity contribution < 1.29 is 14.6 Å². The van der Waals surface area contributed by atoms with E-state index < -0.39 is 5.97 Å². The third kappa shape index (κ3) is 5.00. The molecule has 1 saturated heterocycles. The molecule has 1 aliphatic heterocycles. The summed E-state index contributed by atoms with van der Waals surface area (Å²) in [7, 11) is 2.14. The second-order valence-corrected chi connectivity index (χ2v) is 6.57. The van der Waals surface area contributed by atoms with E-state index in [1.54, 1.807) is 12.4 Å². The van der Waals surface area contributed by atoms with Gasteiger partial charge in [-0.15, -0.1) is 0 Å². The summed E-state index contributed by atoms with van der Waals surface area (Å²) in [6.07, 6.45) is 6.16. The van der Waals surface area contributed by atoms with Crippen LogP contribution in [0.3, 0.4) is 0 Å². The van der Waals surface area contributed by atoms with E-state index in [9.17, 15) is 4.79 Å². The van der Waals surface area contributed by atoms with Crippen LogP contribution in [0.2, 0.25) is 0 Å².